The Morgan fingerprint density at radius 3 is 2.27 bits per heavy atom. The maximum absolute atomic E-state index is 13.2. The van der Waals surface area contributed by atoms with Crippen molar-refractivity contribution < 1.29 is 31.4 Å². The van der Waals surface area contributed by atoms with E-state index in [0.717, 1.165) is 6.07 Å². The van der Waals surface area contributed by atoms with Gasteiger partial charge in [0.25, 0.3) is 0 Å². The van der Waals surface area contributed by atoms with Crippen LogP contribution >= 0.6 is 0 Å². The number of benzene rings is 1. The summed E-state index contributed by atoms with van der Waals surface area (Å²) in [5, 5.41) is 13.2. The average Bonchev–Trinajstić information content (AvgIpc) is 2.55. The van der Waals surface area contributed by atoms with E-state index in [1.807, 2.05) is 6.92 Å². The van der Waals surface area contributed by atoms with Crippen molar-refractivity contribution in [1.82, 2.24) is 10.3 Å². The molecule has 3 nitrogen and oxygen atoms in total. The molecule has 1 aromatic heterocycles. The Morgan fingerprint density at radius 1 is 1.12 bits per heavy atom. The molecule has 0 aliphatic rings. The average molecular weight is 380 g/mol. The number of fused-ring (bicyclic) bond motifs is 1. The molecule has 2 aromatic rings. The third kappa shape index (κ3) is 4.09. The van der Waals surface area contributed by atoms with E-state index < -0.39 is 41.3 Å². The fourth-order valence-corrected chi connectivity index (χ4v) is 2.88. The molecule has 0 amide bonds. The molecular formula is C17H18F6N2O. The first-order valence-electron chi connectivity index (χ1n) is 7.94. The van der Waals surface area contributed by atoms with E-state index in [1.54, 1.807) is 0 Å². The van der Waals surface area contributed by atoms with Crippen LogP contribution < -0.4 is 5.32 Å². The quantitative estimate of drug-likeness (QED) is 0.740. The van der Waals surface area contributed by atoms with Crippen LogP contribution in [0, 0.1) is 0 Å². The zero-order valence-corrected chi connectivity index (χ0v) is 14.0. The SMILES string of the molecule is CCCC(NC)C(O)c1cc(C(F)(F)F)nc2c(C(F)(F)F)cccc12. The molecule has 2 rings (SSSR count). The lowest BCUT2D eigenvalue weighted by Crippen LogP contribution is -2.32. The van der Waals surface area contributed by atoms with Gasteiger partial charge in [0.2, 0.25) is 0 Å². The number of hydrogen-bond donors (Lipinski definition) is 2. The highest BCUT2D eigenvalue weighted by atomic mass is 19.4. The minimum Gasteiger partial charge on any atom is -0.387 e. The van der Waals surface area contributed by atoms with Crippen LogP contribution in [0.15, 0.2) is 24.3 Å². The number of alkyl halides is 6. The summed E-state index contributed by atoms with van der Waals surface area (Å²) >= 11 is 0. The largest absolute Gasteiger partial charge is 0.433 e. The lowest BCUT2D eigenvalue weighted by Gasteiger charge is -2.25. The van der Waals surface area contributed by atoms with E-state index in [9.17, 15) is 31.4 Å². The molecule has 0 saturated carbocycles. The summed E-state index contributed by atoms with van der Waals surface area (Å²) in [5.74, 6) is 0. The molecule has 1 aromatic carbocycles. The number of halogens is 6. The normalized spacial score (nSPS) is 15.3. The molecule has 26 heavy (non-hydrogen) atoms. The maximum Gasteiger partial charge on any atom is 0.433 e. The molecule has 0 aliphatic carbocycles. The third-order valence-electron chi connectivity index (χ3n) is 4.14. The maximum atomic E-state index is 13.2. The second-order valence-electron chi connectivity index (χ2n) is 5.92. The minimum absolute atomic E-state index is 0.156. The highest BCUT2D eigenvalue weighted by molar-refractivity contribution is 5.86. The molecule has 0 spiro atoms. The predicted octanol–water partition coefficient (Wildman–Crippen LogP) is 4.69. The molecule has 2 unspecified atom stereocenters. The van der Waals surface area contributed by atoms with Crippen molar-refractivity contribution in [2.75, 3.05) is 7.05 Å². The molecule has 0 fully saturated rings. The fourth-order valence-electron chi connectivity index (χ4n) is 2.88. The molecule has 0 bridgehead atoms. The topological polar surface area (TPSA) is 45.1 Å². The van der Waals surface area contributed by atoms with E-state index in [4.69, 9.17) is 0 Å². The van der Waals surface area contributed by atoms with Gasteiger partial charge in [0.05, 0.1) is 17.2 Å². The van der Waals surface area contributed by atoms with Crippen LogP contribution in [0.4, 0.5) is 26.3 Å². The molecule has 9 heteroatoms. The van der Waals surface area contributed by atoms with Gasteiger partial charge in [-0.1, -0.05) is 25.5 Å². The fraction of sp³-hybridized carbons (Fsp3) is 0.471. The summed E-state index contributed by atoms with van der Waals surface area (Å²) in [5.41, 5.74) is -3.80. The number of aliphatic hydroxyl groups excluding tert-OH is 1. The summed E-state index contributed by atoms with van der Waals surface area (Å²) < 4.78 is 79.2. The molecule has 0 radical (unpaired) electrons. The van der Waals surface area contributed by atoms with Gasteiger partial charge in [-0.05, 0) is 31.2 Å². The summed E-state index contributed by atoms with van der Waals surface area (Å²) in [6.45, 7) is 1.82. The van der Waals surface area contributed by atoms with Crippen molar-refractivity contribution in [2.45, 2.75) is 44.3 Å². The molecule has 1 heterocycles. The van der Waals surface area contributed by atoms with Gasteiger partial charge < -0.3 is 10.4 Å². The van der Waals surface area contributed by atoms with Gasteiger partial charge in [-0.3, -0.25) is 0 Å². The number of hydrogen-bond acceptors (Lipinski definition) is 3. The number of likely N-dealkylation sites (N-methyl/N-ethyl adjacent to an activating group) is 1. The van der Waals surface area contributed by atoms with E-state index >= 15 is 0 Å². The van der Waals surface area contributed by atoms with Crippen molar-refractivity contribution in [2.24, 2.45) is 0 Å². The first-order valence-corrected chi connectivity index (χ1v) is 7.94. The van der Waals surface area contributed by atoms with Gasteiger partial charge in [0, 0.05) is 11.4 Å². The summed E-state index contributed by atoms with van der Waals surface area (Å²) in [7, 11) is 1.53. The van der Waals surface area contributed by atoms with Crippen molar-refractivity contribution in [3.8, 4) is 0 Å². The summed E-state index contributed by atoms with van der Waals surface area (Å²) in [6.07, 6.45) is -10.2. The zero-order valence-electron chi connectivity index (χ0n) is 14.0. The number of nitrogens with one attached hydrogen (secondary N) is 1. The minimum atomic E-state index is -4.94. The van der Waals surface area contributed by atoms with Crippen LogP contribution in [0.3, 0.4) is 0 Å². The van der Waals surface area contributed by atoms with Crippen LogP contribution in [0.2, 0.25) is 0 Å². The second kappa shape index (κ2) is 7.40. The van der Waals surface area contributed by atoms with Crippen LogP contribution in [0.5, 0.6) is 0 Å². The van der Waals surface area contributed by atoms with Gasteiger partial charge in [-0.25, -0.2) is 4.98 Å². The second-order valence-corrected chi connectivity index (χ2v) is 5.92. The molecule has 2 N–H and O–H groups in total. The third-order valence-corrected chi connectivity index (χ3v) is 4.14. The van der Waals surface area contributed by atoms with E-state index in [-0.39, 0.29) is 10.9 Å². The first-order chi connectivity index (χ1) is 12.0. The van der Waals surface area contributed by atoms with E-state index in [2.05, 4.69) is 10.3 Å². The number of aromatic nitrogens is 1. The molecule has 2 atom stereocenters. The van der Waals surface area contributed by atoms with Gasteiger partial charge in [0.1, 0.15) is 5.69 Å². The standard InChI is InChI=1S/C17H18F6N2O/c1-3-5-12(24-2)15(26)10-8-13(17(21,22)23)25-14-9(10)6-4-7-11(14)16(18,19)20/h4,6-8,12,15,24,26H,3,5H2,1-2H3. The first kappa shape index (κ1) is 20.4. The zero-order chi connectivity index (χ0) is 19.7. The Morgan fingerprint density at radius 2 is 1.77 bits per heavy atom. The Hall–Kier alpha value is -1.87. The monoisotopic (exact) mass is 380 g/mol. The summed E-state index contributed by atoms with van der Waals surface area (Å²) in [4.78, 5) is 3.21. The number of nitrogens with zero attached hydrogens (tertiary/aromatic N) is 1. The number of pyridine rings is 1. The van der Waals surface area contributed by atoms with Crippen molar-refractivity contribution in [3.05, 3.63) is 41.1 Å². The smallest absolute Gasteiger partial charge is 0.387 e. The number of para-hydroxylation sites is 1. The molecule has 0 aliphatic heterocycles. The van der Waals surface area contributed by atoms with Crippen molar-refractivity contribution >= 4 is 10.9 Å². The highest BCUT2D eigenvalue weighted by Gasteiger charge is 2.38. The molecular weight excluding hydrogens is 362 g/mol. The Kier molecular flexibility index (Phi) is 5.82. The van der Waals surface area contributed by atoms with Crippen LogP contribution in [0.25, 0.3) is 10.9 Å². The highest BCUT2D eigenvalue weighted by Crippen LogP contribution is 2.39. The lowest BCUT2D eigenvalue weighted by molar-refractivity contribution is -0.142. The number of aliphatic hydroxyl groups is 1. The van der Waals surface area contributed by atoms with Crippen LogP contribution in [0.1, 0.15) is 42.7 Å². The van der Waals surface area contributed by atoms with Crippen LogP contribution in [-0.4, -0.2) is 23.2 Å². The Bertz CT molecular complexity index is 772. The van der Waals surface area contributed by atoms with Gasteiger partial charge in [0.15, 0.2) is 0 Å². The molecule has 0 saturated heterocycles. The Labute approximate surface area is 146 Å². The molecule has 144 valence electrons. The van der Waals surface area contributed by atoms with Crippen molar-refractivity contribution in [3.63, 3.8) is 0 Å². The Balaban J connectivity index is 2.80. The van der Waals surface area contributed by atoms with Gasteiger partial charge in [-0.2, -0.15) is 26.3 Å². The predicted molar refractivity (Wildman–Crippen MR) is 84.5 cm³/mol. The lowest BCUT2D eigenvalue weighted by atomic mass is 9.94. The van der Waals surface area contributed by atoms with Crippen molar-refractivity contribution in [1.29, 1.82) is 0 Å². The number of rotatable bonds is 5. The van der Waals surface area contributed by atoms with E-state index in [0.29, 0.717) is 25.0 Å². The van der Waals surface area contributed by atoms with Gasteiger partial charge in [-0.15, -0.1) is 0 Å². The van der Waals surface area contributed by atoms with Crippen LogP contribution in [-0.2, 0) is 12.4 Å². The van der Waals surface area contributed by atoms with E-state index in [1.165, 1.54) is 13.1 Å². The summed E-state index contributed by atoms with van der Waals surface area (Å²) in [6, 6.07) is 3.00. The van der Waals surface area contributed by atoms with Gasteiger partial charge >= 0.3 is 12.4 Å².